The van der Waals surface area contributed by atoms with E-state index in [1.165, 1.54) is 50.8 Å². The topological polar surface area (TPSA) is 7.60 Å². The van der Waals surface area contributed by atoms with Crippen LogP contribution in [-0.2, 0) is 19.3 Å². The maximum atomic E-state index is 3.96. The van der Waals surface area contributed by atoms with Gasteiger partial charge in [-0.25, -0.2) is 0 Å². The summed E-state index contributed by atoms with van der Waals surface area (Å²) in [4.78, 5) is 6.67. The Morgan fingerprint density at radius 2 is 2.00 bits per heavy atom. The first-order chi connectivity index (χ1) is 9.36. The van der Waals surface area contributed by atoms with E-state index in [2.05, 4.69) is 34.0 Å². The Balaban J connectivity index is 1.72. The molecule has 1 heterocycles. The third kappa shape index (κ3) is 2.82. The zero-order chi connectivity index (χ0) is 13.1. The molecule has 0 aromatic heterocycles. The van der Waals surface area contributed by atoms with E-state index in [0.717, 1.165) is 12.5 Å². The van der Waals surface area contributed by atoms with Crippen molar-refractivity contribution in [3.8, 4) is 6.07 Å². The molecule has 1 aliphatic heterocycles. The van der Waals surface area contributed by atoms with Crippen LogP contribution in [0.1, 0.15) is 36.0 Å². The zero-order valence-electron chi connectivity index (χ0n) is 11.9. The van der Waals surface area contributed by atoms with Gasteiger partial charge in [-0.3, -0.25) is 4.90 Å². The highest BCUT2D eigenvalue weighted by molar-refractivity contribution is 5.34. The smallest absolute Gasteiger partial charge is 0.277 e. The quantitative estimate of drug-likeness (QED) is 0.788. The van der Waals surface area contributed by atoms with Crippen LogP contribution < -0.4 is 0 Å². The Morgan fingerprint density at radius 3 is 2.68 bits per heavy atom. The SMILES string of the molecule is C[N+]#CCc1ccc2c(c1)CCN(C1CCC1)CC2. The van der Waals surface area contributed by atoms with Crippen LogP contribution >= 0.6 is 0 Å². The van der Waals surface area contributed by atoms with Crippen LogP contribution in [0.25, 0.3) is 4.85 Å². The highest BCUT2D eigenvalue weighted by Crippen LogP contribution is 2.27. The summed E-state index contributed by atoms with van der Waals surface area (Å²) < 4.78 is 0. The van der Waals surface area contributed by atoms with Gasteiger partial charge in [0, 0.05) is 19.1 Å². The van der Waals surface area contributed by atoms with E-state index in [1.54, 1.807) is 18.2 Å². The Hall–Kier alpha value is -1.33. The van der Waals surface area contributed by atoms with Crippen molar-refractivity contribution >= 4 is 0 Å². The molecule has 1 saturated carbocycles. The molecule has 1 aromatic carbocycles. The van der Waals surface area contributed by atoms with Gasteiger partial charge in [0.25, 0.3) is 13.1 Å². The summed E-state index contributed by atoms with van der Waals surface area (Å²) >= 11 is 0. The highest BCUT2D eigenvalue weighted by atomic mass is 15.2. The number of rotatable bonds is 2. The van der Waals surface area contributed by atoms with E-state index in [9.17, 15) is 0 Å². The van der Waals surface area contributed by atoms with E-state index < -0.39 is 0 Å². The Labute approximate surface area is 116 Å². The van der Waals surface area contributed by atoms with Crippen LogP contribution in [0, 0.1) is 6.07 Å². The van der Waals surface area contributed by atoms with Gasteiger partial charge < -0.3 is 0 Å². The van der Waals surface area contributed by atoms with Gasteiger partial charge in [-0.05, 0) is 42.4 Å². The summed E-state index contributed by atoms with van der Waals surface area (Å²) in [5, 5.41) is 0. The average Bonchev–Trinajstić information content (AvgIpc) is 2.57. The molecule has 0 N–H and O–H groups in total. The maximum Gasteiger partial charge on any atom is 0.277 e. The van der Waals surface area contributed by atoms with Crippen LogP contribution in [0.15, 0.2) is 18.2 Å². The van der Waals surface area contributed by atoms with Crippen molar-refractivity contribution in [1.82, 2.24) is 4.90 Å². The van der Waals surface area contributed by atoms with Crippen molar-refractivity contribution in [3.05, 3.63) is 39.7 Å². The average molecular weight is 255 g/mol. The van der Waals surface area contributed by atoms with Crippen LogP contribution in [0.2, 0.25) is 0 Å². The lowest BCUT2D eigenvalue weighted by atomic mass is 9.91. The highest BCUT2D eigenvalue weighted by Gasteiger charge is 2.26. The molecular weight excluding hydrogens is 232 g/mol. The van der Waals surface area contributed by atoms with Crippen molar-refractivity contribution in [3.63, 3.8) is 0 Å². The lowest BCUT2D eigenvalue weighted by Crippen LogP contribution is -2.41. The van der Waals surface area contributed by atoms with E-state index in [4.69, 9.17) is 0 Å². The van der Waals surface area contributed by atoms with Crippen LogP contribution in [0.4, 0.5) is 0 Å². The molecule has 0 radical (unpaired) electrons. The summed E-state index contributed by atoms with van der Waals surface area (Å²) in [6.45, 7) is 2.49. The molecule has 0 amide bonds. The van der Waals surface area contributed by atoms with Crippen molar-refractivity contribution in [2.75, 3.05) is 20.1 Å². The maximum absolute atomic E-state index is 3.96. The van der Waals surface area contributed by atoms with Crippen molar-refractivity contribution in [1.29, 1.82) is 0 Å². The number of fused-ring (bicyclic) bond motifs is 1. The number of hydrogen-bond acceptors (Lipinski definition) is 1. The minimum atomic E-state index is 0.843. The lowest BCUT2D eigenvalue weighted by molar-refractivity contribution is 0.133. The van der Waals surface area contributed by atoms with Gasteiger partial charge in [-0.15, -0.1) is 0 Å². The third-order valence-corrected chi connectivity index (χ3v) is 4.64. The minimum Gasteiger partial charge on any atom is -0.300 e. The van der Waals surface area contributed by atoms with Crippen molar-refractivity contribution in [2.24, 2.45) is 0 Å². The molecule has 2 nitrogen and oxygen atoms in total. The summed E-state index contributed by atoms with van der Waals surface area (Å²) in [6, 6.07) is 10.9. The summed E-state index contributed by atoms with van der Waals surface area (Å²) in [5.41, 5.74) is 4.46. The monoisotopic (exact) mass is 255 g/mol. The molecule has 3 rings (SSSR count). The molecule has 0 bridgehead atoms. The van der Waals surface area contributed by atoms with Gasteiger partial charge in [0.15, 0.2) is 0 Å². The van der Waals surface area contributed by atoms with Crippen LogP contribution in [0.5, 0.6) is 0 Å². The van der Waals surface area contributed by atoms with Crippen LogP contribution in [-0.4, -0.2) is 31.1 Å². The summed E-state index contributed by atoms with van der Waals surface area (Å²) in [6.07, 6.45) is 7.55. The zero-order valence-corrected chi connectivity index (χ0v) is 11.9. The van der Waals surface area contributed by atoms with Crippen molar-refractivity contribution < 1.29 is 0 Å². The van der Waals surface area contributed by atoms with Gasteiger partial charge in [-0.2, -0.15) is 0 Å². The normalized spacial score (nSPS) is 19.8. The van der Waals surface area contributed by atoms with Gasteiger partial charge in [-0.1, -0.05) is 29.5 Å². The number of hydrogen-bond donors (Lipinski definition) is 0. The largest absolute Gasteiger partial charge is 0.300 e. The third-order valence-electron chi connectivity index (χ3n) is 4.64. The number of benzene rings is 1. The summed E-state index contributed by atoms with van der Waals surface area (Å²) in [7, 11) is 1.79. The Bertz CT molecular complexity index is 506. The fraction of sp³-hybridized carbons (Fsp3) is 0.588. The van der Waals surface area contributed by atoms with E-state index in [-0.39, 0.29) is 0 Å². The van der Waals surface area contributed by atoms with E-state index in [1.807, 2.05) is 0 Å². The van der Waals surface area contributed by atoms with Crippen LogP contribution in [0.3, 0.4) is 0 Å². The molecule has 100 valence electrons. The lowest BCUT2D eigenvalue weighted by Gasteiger charge is -2.36. The Morgan fingerprint density at radius 1 is 1.21 bits per heavy atom. The molecule has 0 spiro atoms. The van der Waals surface area contributed by atoms with Gasteiger partial charge in [0.1, 0.15) is 6.42 Å². The predicted octanol–water partition coefficient (Wildman–Crippen LogP) is 3.14. The fourth-order valence-corrected chi connectivity index (χ4v) is 3.19. The Kier molecular flexibility index (Phi) is 3.84. The predicted molar refractivity (Wildman–Crippen MR) is 79.9 cm³/mol. The second-order valence-electron chi connectivity index (χ2n) is 5.78. The van der Waals surface area contributed by atoms with E-state index in [0.29, 0.717) is 0 Å². The first-order valence-corrected chi connectivity index (χ1v) is 7.53. The number of nitrogens with zero attached hydrogens (tertiary/aromatic N) is 2. The van der Waals surface area contributed by atoms with Gasteiger partial charge in [0.05, 0.1) is 0 Å². The second-order valence-corrected chi connectivity index (χ2v) is 5.78. The van der Waals surface area contributed by atoms with Gasteiger partial charge in [0.2, 0.25) is 0 Å². The molecule has 0 saturated heterocycles. The molecule has 2 heteroatoms. The van der Waals surface area contributed by atoms with Gasteiger partial charge >= 0.3 is 0 Å². The minimum absolute atomic E-state index is 0.843. The molecule has 2 aliphatic rings. The first kappa shape index (κ1) is 12.7. The van der Waals surface area contributed by atoms with Crippen molar-refractivity contribution in [2.45, 2.75) is 44.6 Å². The second kappa shape index (κ2) is 5.75. The molecular formula is C17H23N2+. The molecule has 19 heavy (non-hydrogen) atoms. The summed E-state index contributed by atoms with van der Waals surface area (Å²) in [5.74, 6) is 0. The molecule has 1 aliphatic carbocycles. The fourth-order valence-electron chi connectivity index (χ4n) is 3.19. The molecule has 1 aromatic rings. The standard InChI is InChI=1S/C17H23N2/c1-18-10-7-14-5-6-15-8-11-19(17-3-2-4-17)12-9-16(15)13-14/h5-6,13,17H,2-4,7-9,11-12H2,1H3/q+1. The molecule has 0 atom stereocenters. The first-order valence-electron chi connectivity index (χ1n) is 7.53. The molecule has 1 fully saturated rings. The molecule has 0 unspecified atom stereocenters. The van der Waals surface area contributed by atoms with E-state index >= 15 is 0 Å².